The molecule has 1 fully saturated rings. The minimum absolute atomic E-state index is 0.682. The molecule has 0 heterocycles. The van der Waals surface area contributed by atoms with E-state index in [2.05, 4.69) is 48.3 Å². The highest BCUT2D eigenvalue weighted by atomic mass is 14.9. The number of allylic oxidation sites excluding steroid dienone is 1. The van der Waals surface area contributed by atoms with Crippen molar-refractivity contribution in [3.05, 3.63) is 48.6 Å². The van der Waals surface area contributed by atoms with E-state index in [9.17, 15) is 0 Å². The fraction of sp³-hybridized carbons (Fsp3) is 0.500. The maximum atomic E-state index is 3.88. The Morgan fingerprint density at radius 2 is 1.94 bits per heavy atom. The first-order valence-corrected chi connectivity index (χ1v) is 6.78. The molecular weight excluding hydrogens is 206 g/mol. The molecule has 0 aromatic heterocycles. The van der Waals surface area contributed by atoms with E-state index in [0.29, 0.717) is 6.04 Å². The molecule has 0 amide bonds. The van der Waals surface area contributed by atoms with Crippen molar-refractivity contribution in [1.29, 1.82) is 0 Å². The third-order valence-electron chi connectivity index (χ3n) is 3.79. The van der Waals surface area contributed by atoms with Crippen LogP contribution < -0.4 is 5.32 Å². The molecule has 17 heavy (non-hydrogen) atoms. The molecule has 1 saturated carbocycles. The number of hydrogen-bond donors (Lipinski definition) is 1. The standard InChI is InChI=1S/C16H23N/c1-2-8-15-11-6-7-12-16(15)17-13-14-9-4-3-5-10-14/h2-5,9-10,15-17H,1,6-8,11-13H2/t15-,16+/m1/s1. The van der Waals surface area contributed by atoms with E-state index < -0.39 is 0 Å². The van der Waals surface area contributed by atoms with Gasteiger partial charge in [-0.15, -0.1) is 6.58 Å². The lowest BCUT2D eigenvalue weighted by molar-refractivity contribution is 0.262. The molecule has 0 bridgehead atoms. The van der Waals surface area contributed by atoms with Gasteiger partial charge in [-0.05, 0) is 30.7 Å². The molecular formula is C16H23N. The monoisotopic (exact) mass is 229 g/mol. The SMILES string of the molecule is C=CC[C@@H]1CCCC[C@@H]1NCc1ccccc1. The van der Waals surface area contributed by atoms with Gasteiger partial charge in [0.1, 0.15) is 0 Å². The molecule has 0 saturated heterocycles. The predicted octanol–water partition coefficient (Wildman–Crippen LogP) is 3.91. The molecule has 1 aliphatic rings. The zero-order chi connectivity index (χ0) is 11.9. The molecule has 1 aliphatic carbocycles. The average Bonchev–Trinajstić information content (AvgIpc) is 2.39. The second kappa shape index (κ2) is 6.61. The first-order valence-electron chi connectivity index (χ1n) is 6.78. The van der Waals surface area contributed by atoms with Crippen LogP contribution in [-0.4, -0.2) is 6.04 Å². The summed E-state index contributed by atoms with van der Waals surface area (Å²) in [6.07, 6.45) is 8.69. The molecule has 92 valence electrons. The van der Waals surface area contributed by atoms with Crippen molar-refractivity contribution in [3.8, 4) is 0 Å². The van der Waals surface area contributed by atoms with Gasteiger partial charge in [0.05, 0.1) is 0 Å². The van der Waals surface area contributed by atoms with Gasteiger partial charge in [0.25, 0.3) is 0 Å². The van der Waals surface area contributed by atoms with E-state index in [1.165, 1.54) is 31.2 Å². The van der Waals surface area contributed by atoms with Crippen LogP contribution in [0.4, 0.5) is 0 Å². The molecule has 0 aliphatic heterocycles. The lowest BCUT2D eigenvalue weighted by atomic mass is 9.82. The van der Waals surface area contributed by atoms with Crippen LogP contribution in [0.2, 0.25) is 0 Å². The smallest absolute Gasteiger partial charge is 0.0208 e. The molecule has 2 rings (SSSR count). The second-order valence-corrected chi connectivity index (χ2v) is 5.04. The van der Waals surface area contributed by atoms with Crippen molar-refractivity contribution in [2.75, 3.05) is 0 Å². The van der Waals surface area contributed by atoms with E-state index in [1.54, 1.807) is 0 Å². The summed E-state index contributed by atoms with van der Waals surface area (Å²) < 4.78 is 0. The van der Waals surface area contributed by atoms with Gasteiger partial charge in [-0.3, -0.25) is 0 Å². The van der Waals surface area contributed by atoms with Gasteiger partial charge in [-0.25, -0.2) is 0 Å². The van der Waals surface area contributed by atoms with Crippen LogP contribution >= 0.6 is 0 Å². The minimum atomic E-state index is 0.682. The van der Waals surface area contributed by atoms with Crippen LogP contribution in [0.5, 0.6) is 0 Å². The van der Waals surface area contributed by atoms with Gasteiger partial charge in [0.15, 0.2) is 0 Å². The molecule has 0 unspecified atom stereocenters. The van der Waals surface area contributed by atoms with Crippen LogP contribution in [0.25, 0.3) is 0 Å². The Kier molecular flexibility index (Phi) is 4.81. The first kappa shape index (κ1) is 12.4. The van der Waals surface area contributed by atoms with Crippen molar-refractivity contribution in [1.82, 2.24) is 5.32 Å². The Morgan fingerprint density at radius 1 is 1.18 bits per heavy atom. The summed E-state index contributed by atoms with van der Waals surface area (Å²) in [6.45, 7) is 4.88. The van der Waals surface area contributed by atoms with Gasteiger partial charge >= 0.3 is 0 Å². The maximum absolute atomic E-state index is 3.88. The summed E-state index contributed by atoms with van der Waals surface area (Å²) in [5.74, 6) is 0.796. The normalized spacial score (nSPS) is 24.5. The summed E-state index contributed by atoms with van der Waals surface area (Å²) in [4.78, 5) is 0. The largest absolute Gasteiger partial charge is 0.310 e. The number of hydrogen-bond acceptors (Lipinski definition) is 1. The molecule has 1 aromatic rings. The fourth-order valence-corrected chi connectivity index (χ4v) is 2.82. The summed E-state index contributed by atoms with van der Waals surface area (Å²) in [5.41, 5.74) is 1.38. The predicted molar refractivity (Wildman–Crippen MR) is 73.8 cm³/mol. The quantitative estimate of drug-likeness (QED) is 0.755. The molecule has 1 nitrogen and oxygen atoms in total. The summed E-state index contributed by atoms with van der Waals surface area (Å²) >= 11 is 0. The van der Waals surface area contributed by atoms with E-state index >= 15 is 0 Å². The topological polar surface area (TPSA) is 12.0 Å². The highest BCUT2D eigenvalue weighted by Crippen LogP contribution is 2.27. The van der Waals surface area contributed by atoms with Crippen LogP contribution in [0.15, 0.2) is 43.0 Å². The second-order valence-electron chi connectivity index (χ2n) is 5.04. The highest BCUT2D eigenvalue weighted by molar-refractivity contribution is 5.14. The Balaban J connectivity index is 1.86. The van der Waals surface area contributed by atoms with E-state index in [-0.39, 0.29) is 0 Å². The van der Waals surface area contributed by atoms with Crippen molar-refractivity contribution in [2.45, 2.75) is 44.7 Å². The molecule has 1 N–H and O–H groups in total. The molecule has 0 radical (unpaired) electrons. The van der Waals surface area contributed by atoms with Crippen molar-refractivity contribution in [3.63, 3.8) is 0 Å². The molecule has 0 spiro atoms. The molecule has 1 heteroatoms. The average molecular weight is 229 g/mol. The number of nitrogens with one attached hydrogen (secondary N) is 1. The van der Waals surface area contributed by atoms with Crippen LogP contribution in [0.1, 0.15) is 37.7 Å². The van der Waals surface area contributed by atoms with Gasteiger partial charge in [-0.2, -0.15) is 0 Å². The van der Waals surface area contributed by atoms with Crippen molar-refractivity contribution < 1.29 is 0 Å². The van der Waals surface area contributed by atoms with Crippen LogP contribution in [0, 0.1) is 5.92 Å². The Bertz CT molecular complexity index is 331. The Labute approximate surface area is 105 Å². The van der Waals surface area contributed by atoms with Crippen molar-refractivity contribution in [2.24, 2.45) is 5.92 Å². The zero-order valence-corrected chi connectivity index (χ0v) is 10.6. The van der Waals surface area contributed by atoms with E-state index in [4.69, 9.17) is 0 Å². The summed E-state index contributed by atoms with van der Waals surface area (Å²) in [5, 5.41) is 3.72. The van der Waals surface area contributed by atoms with Crippen molar-refractivity contribution >= 4 is 0 Å². The van der Waals surface area contributed by atoms with E-state index in [1.807, 2.05) is 0 Å². The van der Waals surface area contributed by atoms with Crippen LogP contribution in [0.3, 0.4) is 0 Å². The number of benzene rings is 1. The third-order valence-corrected chi connectivity index (χ3v) is 3.79. The van der Waals surface area contributed by atoms with Gasteiger partial charge in [-0.1, -0.05) is 49.2 Å². The molecule has 2 atom stereocenters. The van der Waals surface area contributed by atoms with E-state index in [0.717, 1.165) is 18.9 Å². The lowest BCUT2D eigenvalue weighted by Gasteiger charge is -2.31. The Morgan fingerprint density at radius 3 is 2.71 bits per heavy atom. The van der Waals surface area contributed by atoms with Gasteiger partial charge in [0, 0.05) is 12.6 Å². The Hall–Kier alpha value is -1.08. The van der Waals surface area contributed by atoms with Crippen LogP contribution in [-0.2, 0) is 6.54 Å². The first-order chi connectivity index (χ1) is 8.40. The fourth-order valence-electron chi connectivity index (χ4n) is 2.82. The summed E-state index contributed by atoms with van der Waals surface area (Å²) in [7, 11) is 0. The van der Waals surface area contributed by atoms with Gasteiger partial charge in [0.2, 0.25) is 0 Å². The highest BCUT2D eigenvalue weighted by Gasteiger charge is 2.23. The summed E-state index contributed by atoms with van der Waals surface area (Å²) in [6, 6.07) is 11.4. The number of rotatable bonds is 5. The third kappa shape index (κ3) is 3.71. The zero-order valence-electron chi connectivity index (χ0n) is 10.6. The maximum Gasteiger partial charge on any atom is 0.0208 e. The minimum Gasteiger partial charge on any atom is -0.310 e. The lowest BCUT2D eigenvalue weighted by Crippen LogP contribution is -2.37. The molecule has 1 aromatic carbocycles. The van der Waals surface area contributed by atoms with Gasteiger partial charge < -0.3 is 5.32 Å².